The number of piperidine rings is 1. The molecule has 0 saturated carbocycles. The zero-order chi connectivity index (χ0) is 17.9. The Morgan fingerprint density at radius 1 is 1.19 bits per heavy atom. The molecule has 4 rings (SSSR count). The number of hydrogen-bond donors (Lipinski definition) is 1. The number of rotatable bonds is 4. The van der Waals surface area contributed by atoms with Crippen LogP contribution in [0.5, 0.6) is 0 Å². The molecule has 0 amide bonds. The molecule has 2 aliphatic heterocycles. The lowest BCUT2D eigenvalue weighted by Crippen LogP contribution is -2.58. The fourth-order valence-electron chi connectivity index (χ4n) is 4.44. The van der Waals surface area contributed by atoms with Crippen LogP contribution in [0.15, 0.2) is 36.7 Å². The molecular weight excluding hydrogens is 329 g/mol. The Hall–Kier alpha value is -2.21. The summed E-state index contributed by atoms with van der Waals surface area (Å²) in [6.45, 7) is 2.82. The highest BCUT2D eigenvalue weighted by molar-refractivity contribution is 5.62. The third kappa shape index (κ3) is 3.65. The second kappa shape index (κ2) is 7.58. The first-order valence-electron chi connectivity index (χ1n) is 9.52. The third-order valence-corrected chi connectivity index (χ3v) is 5.69. The number of nitrogens with zero attached hydrogens (tertiary/aromatic N) is 4. The van der Waals surface area contributed by atoms with Gasteiger partial charge in [-0.2, -0.15) is 0 Å². The maximum absolute atomic E-state index is 13.3. The van der Waals surface area contributed by atoms with E-state index in [2.05, 4.69) is 31.9 Å². The third-order valence-electron chi connectivity index (χ3n) is 5.69. The fraction of sp³-hybridized carbons (Fsp3) is 0.500. The zero-order valence-electron chi connectivity index (χ0n) is 15.0. The molecule has 4 heterocycles. The molecule has 2 aliphatic rings. The first kappa shape index (κ1) is 17.2. The van der Waals surface area contributed by atoms with Gasteiger partial charge in [0.15, 0.2) is 5.82 Å². The van der Waals surface area contributed by atoms with Crippen molar-refractivity contribution in [2.45, 2.75) is 44.2 Å². The van der Waals surface area contributed by atoms with E-state index in [9.17, 15) is 4.39 Å². The van der Waals surface area contributed by atoms with Gasteiger partial charge in [-0.05, 0) is 37.8 Å². The molecule has 0 spiro atoms. The van der Waals surface area contributed by atoms with Gasteiger partial charge >= 0.3 is 0 Å². The van der Waals surface area contributed by atoms with E-state index in [-0.39, 0.29) is 5.82 Å². The van der Waals surface area contributed by atoms with E-state index in [0.29, 0.717) is 17.8 Å². The van der Waals surface area contributed by atoms with Crippen molar-refractivity contribution in [1.82, 2.24) is 14.9 Å². The van der Waals surface area contributed by atoms with E-state index < -0.39 is 0 Å². The van der Waals surface area contributed by atoms with Gasteiger partial charge in [0.25, 0.3) is 0 Å². The van der Waals surface area contributed by atoms with Crippen LogP contribution in [0.2, 0.25) is 0 Å². The predicted molar refractivity (Wildman–Crippen MR) is 102 cm³/mol. The topological polar surface area (TPSA) is 58.3 Å². The van der Waals surface area contributed by atoms with Crippen molar-refractivity contribution in [3.8, 4) is 0 Å². The molecule has 2 unspecified atom stereocenters. The molecule has 2 fully saturated rings. The highest BCUT2D eigenvalue weighted by Crippen LogP contribution is 2.31. The van der Waals surface area contributed by atoms with Crippen LogP contribution in [0.1, 0.15) is 31.4 Å². The van der Waals surface area contributed by atoms with E-state index in [4.69, 9.17) is 5.73 Å². The van der Waals surface area contributed by atoms with Crippen LogP contribution < -0.4 is 10.6 Å². The standard InChI is InChI=1S/C20H26FN5/c21-15-12-19(22)20(24-13-15)25-10-11-26-17(5-3-6-18(26)14-25)8-7-16-4-1-2-9-23-16/h1-2,4,9,12-13,17-18H,3,5-8,10-11,14,22H2. The average molecular weight is 355 g/mol. The van der Waals surface area contributed by atoms with Crippen molar-refractivity contribution in [2.24, 2.45) is 0 Å². The van der Waals surface area contributed by atoms with Gasteiger partial charge in [-0.3, -0.25) is 9.88 Å². The molecular formula is C20H26FN5. The van der Waals surface area contributed by atoms with Crippen molar-refractivity contribution in [1.29, 1.82) is 0 Å². The number of anilines is 2. The van der Waals surface area contributed by atoms with Crippen LogP contribution in [0.25, 0.3) is 0 Å². The largest absolute Gasteiger partial charge is 0.396 e. The van der Waals surface area contributed by atoms with Gasteiger partial charge < -0.3 is 10.6 Å². The van der Waals surface area contributed by atoms with Crippen LogP contribution in [-0.4, -0.2) is 46.6 Å². The normalized spacial score (nSPS) is 23.7. The minimum absolute atomic E-state index is 0.378. The summed E-state index contributed by atoms with van der Waals surface area (Å²) in [5.74, 6) is 0.346. The van der Waals surface area contributed by atoms with Gasteiger partial charge in [-0.1, -0.05) is 12.5 Å². The lowest BCUT2D eigenvalue weighted by Gasteiger charge is -2.48. The van der Waals surface area contributed by atoms with Gasteiger partial charge in [0.05, 0.1) is 11.9 Å². The van der Waals surface area contributed by atoms with Crippen LogP contribution in [0, 0.1) is 5.82 Å². The van der Waals surface area contributed by atoms with Crippen LogP contribution >= 0.6 is 0 Å². The molecule has 5 nitrogen and oxygen atoms in total. The summed E-state index contributed by atoms with van der Waals surface area (Å²) in [5, 5.41) is 0. The Labute approximate surface area is 154 Å². The van der Waals surface area contributed by atoms with E-state index in [1.54, 1.807) is 0 Å². The minimum Gasteiger partial charge on any atom is -0.396 e. The molecule has 0 bridgehead atoms. The molecule has 2 aromatic heterocycles. The van der Waals surface area contributed by atoms with E-state index in [1.807, 2.05) is 12.3 Å². The van der Waals surface area contributed by atoms with Crippen LogP contribution in [-0.2, 0) is 6.42 Å². The Balaban J connectivity index is 1.40. The molecule has 2 atom stereocenters. The number of nitrogen functional groups attached to an aromatic ring is 1. The average Bonchev–Trinajstić information content (AvgIpc) is 2.66. The van der Waals surface area contributed by atoms with E-state index in [0.717, 1.165) is 38.3 Å². The summed E-state index contributed by atoms with van der Waals surface area (Å²) in [6, 6.07) is 8.65. The minimum atomic E-state index is -0.378. The van der Waals surface area contributed by atoms with Crippen molar-refractivity contribution < 1.29 is 4.39 Å². The molecule has 2 saturated heterocycles. The van der Waals surface area contributed by atoms with Crippen LogP contribution in [0.3, 0.4) is 0 Å². The number of aromatic nitrogens is 2. The fourth-order valence-corrected chi connectivity index (χ4v) is 4.44. The van der Waals surface area contributed by atoms with Crippen molar-refractivity contribution in [2.75, 3.05) is 30.3 Å². The number of pyridine rings is 2. The van der Waals surface area contributed by atoms with Crippen LogP contribution in [0.4, 0.5) is 15.9 Å². The molecule has 2 aromatic rings. The zero-order valence-corrected chi connectivity index (χ0v) is 15.0. The highest BCUT2D eigenvalue weighted by Gasteiger charge is 2.35. The molecule has 0 aliphatic carbocycles. The monoisotopic (exact) mass is 355 g/mol. The molecule has 0 radical (unpaired) electrons. The van der Waals surface area contributed by atoms with E-state index in [1.165, 1.54) is 37.2 Å². The first-order valence-corrected chi connectivity index (χ1v) is 9.52. The number of piperazine rings is 1. The summed E-state index contributed by atoms with van der Waals surface area (Å²) in [5.41, 5.74) is 7.60. The van der Waals surface area contributed by atoms with E-state index >= 15 is 0 Å². The molecule has 0 aromatic carbocycles. The molecule has 138 valence electrons. The number of aryl methyl sites for hydroxylation is 1. The highest BCUT2D eigenvalue weighted by atomic mass is 19.1. The number of halogens is 1. The summed E-state index contributed by atoms with van der Waals surface area (Å²) in [7, 11) is 0. The Kier molecular flexibility index (Phi) is 5.02. The van der Waals surface area contributed by atoms with Gasteiger partial charge in [-0.25, -0.2) is 9.37 Å². The Bertz CT molecular complexity index is 738. The van der Waals surface area contributed by atoms with Gasteiger partial charge in [0.2, 0.25) is 0 Å². The van der Waals surface area contributed by atoms with Gasteiger partial charge in [0, 0.05) is 49.7 Å². The molecule has 26 heavy (non-hydrogen) atoms. The lowest BCUT2D eigenvalue weighted by atomic mass is 9.90. The van der Waals surface area contributed by atoms with Gasteiger partial charge in [0.1, 0.15) is 5.82 Å². The van der Waals surface area contributed by atoms with Gasteiger partial charge in [-0.15, -0.1) is 0 Å². The summed E-state index contributed by atoms with van der Waals surface area (Å²) in [6.07, 6.45) is 9.05. The lowest BCUT2D eigenvalue weighted by molar-refractivity contribution is 0.0670. The number of fused-ring (bicyclic) bond motifs is 1. The summed E-state index contributed by atoms with van der Waals surface area (Å²) >= 11 is 0. The second-order valence-electron chi connectivity index (χ2n) is 7.35. The Morgan fingerprint density at radius 2 is 2.12 bits per heavy atom. The maximum atomic E-state index is 13.3. The first-order chi connectivity index (χ1) is 12.7. The predicted octanol–water partition coefficient (Wildman–Crippen LogP) is 2.87. The number of hydrogen-bond acceptors (Lipinski definition) is 5. The smallest absolute Gasteiger partial charge is 0.152 e. The summed E-state index contributed by atoms with van der Waals surface area (Å²) < 4.78 is 13.3. The summed E-state index contributed by atoms with van der Waals surface area (Å²) in [4.78, 5) is 13.6. The van der Waals surface area contributed by atoms with Crippen molar-refractivity contribution >= 4 is 11.5 Å². The molecule has 2 N–H and O–H groups in total. The second-order valence-corrected chi connectivity index (χ2v) is 7.35. The maximum Gasteiger partial charge on any atom is 0.152 e. The SMILES string of the molecule is Nc1cc(F)cnc1N1CCN2C(CCc3ccccn3)CCCC2C1. The number of nitrogens with two attached hydrogens (primary N) is 1. The molecule has 6 heteroatoms. The van der Waals surface area contributed by atoms with Crippen molar-refractivity contribution in [3.05, 3.63) is 48.2 Å². The quantitative estimate of drug-likeness (QED) is 0.914. The van der Waals surface area contributed by atoms with Crippen molar-refractivity contribution in [3.63, 3.8) is 0 Å². The Morgan fingerprint density at radius 3 is 2.92 bits per heavy atom.